The zero-order chi connectivity index (χ0) is 12.4. The second-order valence-electron chi connectivity index (χ2n) is 4.93. The lowest BCUT2D eigenvalue weighted by Crippen LogP contribution is -2.55. The number of nitrogens with one attached hydrogen (secondary N) is 1. The summed E-state index contributed by atoms with van der Waals surface area (Å²) in [7, 11) is 0. The van der Waals surface area contributed by atoms with Gasteiger partial charge >= 0.3 is 0 Å². The molecular weight excluding hydrogens is 233 g/mol. The molecule has 1 atom stereocenters. The summed E-state index contributed by atoms with van der Waals surface area (Å²) in [6.07, 6.45) is 1.64. The number of ether oxygens (including phenoxy) is 2. The monoisotopic (exact) mass is 251 g/mol. The minimum atomic E-state index is -0.307. The van der Waals surface area contributed by atoms with Gasteiger partial charge in [0.05, 0.1) is 18.2 Å². The van der Waals surface area contributed by atoms with E-state index in [1.54, 1.807) is 6.07 Å². The topological polar surface area (TPSA) is 30.5 Å². The van der Waals surface area contributed by atoms with Gasteiger partial charge in [-0.3, -0.25) is 0 Å². The van der Waals surface area contributed by atoms with Crippen LogP contribution in [0.3, 0.4) is 0 Å². The lowest BCUT2D eigenvalue weighted by atomic mass is 9.81. The fourth-order valence-corrected chi connectivity index (χ4v) is 2.98. The first-order valence-corrected chi connectivity index (χ1v) is 6.51. The first-order chi connectivity index (χ1) is 8.82. The quantitative estimate of drug-likeness (QED) is 0.828. The van der Waals surface area contributed by atoms with Crippen LogP contribution in [0.2, 0.25) is 0 Å². The van der Waals surface area contributed by atoms with Crippen molar-refractivity contribution in [1.82, 2.24) is 5.32 Å². The predicted octanol–water partition coefficient (Wildman–Crippen LogP) is 2.04. The summed E-state index contributed by atoms with van der Waals surface area (Å²) < 4.78 is 25.4. The van der Waals surface area contributed by atoms with Gasteiger partial charge in [0, 0.05) is 38.2 Å². The molecule has 0 bridgehead atoms. The molecule has 0 amide bonds. The molecular formula is C14H18FNO2. The Kier molecular flexibility index (Phi) is 3.33. The second kappa shape index (κ2) is 4.96. The van der Waals surface area contributed by atoms with Crippen molar-refractivity contribution in [3.05, 3.63) is 35.6 Å². The van der Waals surface area contributed by atoms with Crippen LogP contribution in [0.1, 0.15) is 24.4 Å². The molecule has 3 rings (SSSR count). The molecule has 0 aromatic heterocycles. The summed E-state index contributed by atoms with van der Waals surface area (Å²) in [5.74, 6) is -0.161. The van der Waals surface area contributed by atoms with Crippen molar-refractivity contribution in [2.75, 3.05) is 26.4 Å². The molecule has 0 saturated carbocycles. The summed E-state index contributed by atoms with van der Waals surface area (Å²) in [4.78, 5) is 0. The number of hydrogen-bond donors (Lipinski definition) is 1. The third-order valence-electron chi connectivity index (χ3n) is 3.92. The van der Waals surface area contributed by atoms with Crippen molar-refractivity contribution in [2.24, 2.45) is 0 Å². The van der Waals surface area contributed by atoms with E-state index < -0.39 is 0 Å². The summed E-state index contributed by atoms with van der Waals surface area (Å²) in [5, 5.41) is 3.42. The molecule has 2 saturated heterocycles. The van der Waals surface area contributed by atoms with E-state index >= 15 is 0 Å². The number of halogens is 1. The molecule has 98 valence electrons. The van der Waals surface area contributed by atoms with E-state index in [-0.39, 0.29) is 17.5 Å². The summed E-state index contributed by atoms with van der Waals surface area (Å²) >= 11 is 0. The molecule has 2 fully saturated rings. The zero-order valence-electron chi connectivity index (χ0n) is 10.3. The van der Waals surface area contributed by atoms with Crippen LogP contribution in [0, 0.1) is 5.82 Å². The second-order valence-corrected chi connectivity index (χ2v) is 4.93. The van der Waals surface area contributed by atoms with Crippen LogP contribution in [0.5, 0.6) is 0 Å². The Morgan fingerprint density at radius 1 is 1.17 bits per heavy atom. The molecule has 0 radical (unpaired) electrons. The van der Waals surface area contributed by atoms with E-state index in [0.717, 1.165) is 19.4 Å². The van der Waals surface area contributed by atoms with E-state index in [2.05, 4.69) is 5.32 Å². The Labute approximate surface area is 106 Å². The molecule has 18 heavy (non-hydrogen) atoms. The highest BCUT2D eigenvalue weighted by molar-refractivity contribution is 5.25. The number of hydrogen-bond acceptors (Lipinski definition) is 3. The average molecular weight is 251 g/mol. The SMILES string of the molecule is Fc1ccccc1C1NCCOC12CCOCC2. The van der Waals surface area contributed by atoms with E-state index in [1.165, 1.54) is 6.07 Å². The number of rotatable bonds is 1. The van der Waals surface area contributed by atoms with Crippen LogP contribution < -0.4 is 5.32 Å². The maximum absolute atomic E-state index is 14.0. The van der Waals surface area contributed by atoms with Crippen LogP contribution in [-0.2, 0) is 9.47 Å². The van der Waals surface area contributed by atoms with Gasteiger partial charge in [-0.2, -0.15) is 0 Å². The first-order valence-electron chi connectivity index (χ1n) is 6.51. The van der Waals surface area contributed by atoms with Gasteiger partial charge in [0.2, 0.25) is 0 Å². The minimum absolute atomic E-state index is 0.0728. The molecule has 4 heteroatoms. The molecule has 1 aromatic carbocycles. The Morgan fingerprint density at radius 2 is 1.94 bits per heavy atom. The zero-order valence-corrected chi connectivity index (χ0v) is 10.3. The molecule has 1 aromatic rings. The molecule has 1 N–H and O–H groups in total. The molecule has 1 unspecified atom stereocenters. The molecule has 1 spiro atoms. The van der Waals surface area contributed by atoms with Crippen molar-refractivity contribution in [1.29, 1.82) is 0 Å². The van der Waals surface area contributed by atoms with Gasteiger partial charge in [-0.05, 0) is 6.07 Å². The standard InChI is InChI=1S/C14H18FNO2/c15-12-4-2-1-3-11(12)13-14(18-10-7-16-13)5-8-17-9-6-14/h1-4,13,16H,5-10H2. The van der Waals surface area contributed by atoms with Gasteiger partial charge in [0.15, 0.2) is 0 Å². The van der Waals surface area contributed by atoms with Crippen molar-refractivity contribution in [3.63, 3.8) is 0 Å². The van der Waals surface area contributed by atoms with Gasteiger partial charge in [0.1, 0.15) is 5.82 Å². The predicted molar refractivity (Wildman–Crippen MR) is 65.9 cm³/mol. The number of morpholine rings is 1. The van der Waals surface area contributed by atoms with Crippen LogP contribution in [0.25, 0.3) is 0 Å². The van der Waals surface area contributed by atoms with Crippen LogP contribution in [0.15, 0.2) is 24.3 Å². The third-order valence-corrected chi connectivity index (χ3v) is 3.92. The van der Waals surface area contributed by atoms with Crippen molar-refractivity contribution in [3.8, 4) is 0 Å². The maximum Gasteiger partial charge on any atom is 0.128 e. The largest absolute Gasteiger partial charge is 0.381 e. The van der Waals surface area contributed by atoms with E-state index in [9.17, 15) is 4.39 Å². The van der Waals surface area contributed by atoms with E-state index in [4.69, 9.17) is 9.47 Å². The molecule has 0 aliphatic carbocycles. The van der Waals surface area contributed by atoms with E-state index in [0.29, 0.717) is 25.4 Å². The van der Waals surface area contributed by atoms with Gasteiger partial charge in [-0.15, -0.1) is 0 Å². The Hall–Kier alpha value is -0.970. The van der Waals surface area contributed by atoms with Crippen LogP contribution in [0.4, 0.5) is 4.39 Å². The first kappa shape index (κ1) is 12.1. The summed E-state index contributed by atoms with van der Waals surface area (Å²) in [6.45, 7) is 2.83. The number of benzene rings is 1. The highest BCUT2D eigenvalue weighted by Crippen LogP contribution is 2.40. The van der Waals surface area contributed by atoms with Gasteiger partial charge < -0.3 is 14.8 Å². The highest BCUT2D eigenvalue weighted by Gasteiger charge is 2.44. The average Bonchev–Trinajstić information content (AvgIpc) is 2.41. The molecule has 2 aliphatic rings. The van der Waals surface area contributed by atoms with Gasteiger partial charge in [-0.25, -0.2) is 4.39 Å². The molecule has 2 aliphatic heterocycles. The van der Waals surface area contributed by atoms with Crippen molar-refractivity contribution < 1.29 is 13.9 Å². The highest BCUT2D eigenvalue weighted by atomic mass is 19.1. The Morgan fingerprint density at radius 3 is 2.72 bits per heavy atom. The maximum atomic E-state index is 14.0. The minimum Gasteiger partial charge on any atom is -0.381 e. The fraction of sp³-hybridized carbons (Fsp3) is 0.571. The fourth-order valence-electron chi connectivity index (χ4n) is 2.98. The third kappa shape index (κ3) is 2.05. The van der Waals surface area contributed by atoms with Crippen molar-refractivity contribution in [2.45, 2.75) is 24.5 Å². The molecule has 3 nitrogen and oxygen atoms in total. The normalized spacial score (nSPS) is 27.3. The smallest absolute Gasteiger partial charge is 0.128 e. The summed E-state index contributed by atoms with van der Waals surface area (Å²) in [5.41, 5.74) is 0.401. The Balaban J connectivity index is 1.94. The van der Waals surface area contributed by atoms with Gasteiger partial charge in [-0.1, -0.05) is 18.2 Å². The van der Waals surface area contributed by atoms with Crippen LogP contribution >= 0.6 is 0 Å². The lowest BCUT2D eigenvalue weighted by molar-refractivity contribution is -0.149. The van der Waals surface area contributed by atoms with E-state index in [1.807, 2.05) is 12.1 Å². The lowest BCUT2D eigenvalue weighted by Gasteiger charge is -2.46. The molecule has 2 heterocycles. The summed E-state index contributed by atoms with van der Waals surface area (Å²) in [6, 6.07) is 6.88. The van der Waals surface area contributed by atoms with Crippen LogP contribution in [-0.4, -0.2) is 32.0 Å². The van der Waals surface area contributed by atoms with Gasteiger partial charge in [0.25, 0.3) is 0 Å². The Bertz CT molecular complexity index is 410. The van der Waals surface area contributed by atoms with Crippen molar-refractivity contribution >= 4 is 0 Å².